The van der Waals surface area contributed by atoms with Crippen LogP contribution in [0.1, 0.15) is 0 Å². The third-order valence-electron chi connectivity index (χ3n) is 2.04. The van der Waals surface area contributed by atoms with Gasteiger partial charge in [0.1, 0.15) is 4.60 Å². The molecule has 3 aromatic heterocycles. The monoisotopic (exact) mass is 374 g/mol. The Hall–Kier alpha value is -0.990. The lowest BCUT2D eigenvalue weighted by Crippen LogP contribution is -1.79. The van der Waals surface area contributed by atoms with Gasteiger partial charge in [-0.25, -0.2) is 0 Å². The molecule has 0 fully saturated rings. The van der Waals surface area contributed by atoms with Crippen LogP contribution in [0.5, 0.6) is 0 Å². The van der Waals surface area contributed by atoms with E-state index < -0.39 is 0 Å². The van der Waals surface area contributed by atoms with Gasteiger partial charge in [0.05, 0.1) is 9.35 Å². The lowest BCUT2D eigenvalue weighted by molar-refractivity contribution is 0.431. The zero-order valence-electron chi connectivity index (χ0n) is 8.15. The number of aromatic amines is 1. The molecular weight excluding hydrogens is 372 g/mol. The molecule has 0 amide bonds. The summed E-state index contributed by atoms with van der Waals surface area (Å²) in [5, 5.41) is 12.7. The van der Waals surface area contributed by atoms with E-state index >= 15 is 0 Å². The summed E-state index contributed by atoms with van der Waals surface area (Å²) in [4.78, 5) is 5.26. The molecule has 0 aliphatic heterocycles. The van der Waals surface area contributed by atoms with E-state index in [0.29, 0.717) is 17.4 Å². The van der Waals surface area contributed by atoms with Crippen LogP contribution in [-0.4, -0.2) is 20.3 Å². The minimum Gasteiger partial charge on any atom is -0.332 e. The first-order chi connectivity index (χ1) is 8.25. The van der Waals surface area contributed by atoms with Crippen molar-refractivity contribution in [2.75, 3.05) is 0 Å². The Labute approximate surface area is 117 Å². The van der Waals surface area contributed by atoms with Gasteiger partial charge in [-0.15, -0.1) is 11.3 Å². The first kappa shape index (κ1) is 11.1. The highest BCUT2D eigenvalue weighted by Crippen LogP contribution is 2.32. The first-order valence-corrected chi connectivity index (χ1v) is 6.99. The molecule has 0 saturated carbocycles. The Balaban J connectivity index is 2.04. The number of nitrogens with zero attached hydrogens (tertiary/aromatic N) is 3. The summed E-state index contributed by atoms with van der Waals surface area (Å²) < 4.78 is 6.68. The Morgan fingerprint density at radius 2 is 2.24 bits per heavy atom. The van der Waals surface area contributed by atoms with Crippen molar-refractivity contribution < 1.29 is 4.52 Å². The van der Waals surface area contributed by atoms with Gasteiger partial charge in [0.25, 0.3) is 5.89 Å². The van der Waals surface area contributed by atoms with Gasteiger partial charge in [0.15, 0.2) is 5.69 Å². The molecule has 0 aromatic carbocycles. The van der Waals surface area contributed by atoms with Crippen molar-refractivity contribution in [2.45, 2.75) is 0 Å². The number of H-pyrrole nitrogens is 1. The summed E-state index contributed by atoms with van der Waals surface area (Å²) in [7, 11) is 0. The number of aromatic nitrogens is 4. The summed E-state index contributed by atoms with van der Waals surface area (Å²) in [6, 6.07) is 3.88. The van der Waals surface area contributed by atoms with E-state index in [9.17, 15) is 0 Å². The van der Waals surface area contributed by atoms with Gasteiger partial charge < -0.3 is 4.52 Å². The lowest BCUT2D eigenvalue weighted by atomic mass is 10.4. The van der Waals surface area contributed by atoms with Gasteiger partial charge in [-0.2, -0.15) is 10.1 Å². The molecular formula is C9H4Br2N4OS. The highest BCUT2D eigenvalue weighted by Gasteiger charge is 2.18. The van der Waals surface area contributed by atoms with E-state index in [2.05, 4.69) is 52.2 Å². The molecule has 0 atom stereocenters. The molecule has 0 radical (unpaired) electrons. The summed E-state index contributed by atoms with van der Waals surface area (Å²) in [6.45, 7) is 0. The van der Waals surface area contributed by atoms with Crippen LogP contribution in [-0.2, 0) is 0 Å². The molecule has 17 heavy (non-hydrogen) atoms. The van der Waals surface area contributed by atoms with E-state index in [1.54, 1.807) is 11.3 Å². The Kier molecular flexibility index (Phi) is 2.85. The smallest absolute Gasteiger partial charge is 0.279 e. The van der Waals surface area contributed by atoms with Crippen molar-refractivity contribution in [1.82, 2.24) is 20.3 Å². The number of hydrogen-bond acceptors (Lipinski definition) is 5. The van der Waals surface area contributed by atoms with Gasteiger partial charge >= 0.3 is 0 Å². The SMILES string of the molecule is Brc1[nH]nc(-c2nc(-c3cccs3)no2)c1Br. The summed E-state index contributed by atoms with van der Waals surface area (Å²) in [5.74, 6) is 0.947. The van der Waals surface area contributed by atoms with E-state index in [0.717, 1.165) is 14.0 Å². The molecule has 0 aliphatic carbocycles. The fourth-order valence-corrected chi connectivity index (χ4v) is 2.55. The molecule has 86 valence electrons. The van der Waals surface area contributed by atoms with Crippen molar-refractivity contribution in [3.63, 3.8) is 0 Å². The van der Waals surface area contributed by atoms with Crippen molar-refractivity contribution in [3.05, 3.63) is 26.6 Å². The molecule has 5 nitrogen and oxygen atoms in total. The number of thiophene rings is 1. The molecule has 1 N–H and O–H groups in total. The van der Waals surface area contributed by atoms with Crippen molar-refractivity contribution in [3.8, 4) is 22.3 Å². The van der Waals surface area contributed by atoms with Crippen LogP contribution in [0.25, 0.3) is 22.3 Å². The van der Waals surface area contributed by atoms with E-state index in [1.165, 1.54) is 0 Å². The lowest BCUT2D eigenvalue weighted by Gasteiger charge is -1.86. The molecule has 0 unspecified atom stereocenters. The third-order valence-corrected chi connectivity index (χ3v) is 4.78. The van der Waals surface area contributed by atoms with Crippen LogP contribution in [0.15, 0.2) is 31.1 Å². The zero-order chi connectivity index (χ0) is 11.8. The van der Waals surface area contributed by atoms with Crippen molar-refractivity contribution >= 4 is 43.2 Å². The fourth-order valence-electron chi connectivity index (χ4n) is 1.27. The molecule has 0 saturated heterocycles. The minimum absolute atomic E-state index is 0.377. The molecule has 3 aromatic rings. The third kappa shape index (κ3) is 1.96. The second-order valence-corrected chi connectivity index (χ2v) is 5.63. The normalized spacial score (nSPS) is 10.9. The zero-order valence-corrected chi connectivity index (χ0v) is 12.1. The van der Waals surface area contributed by atoms with Gasteiger partial charge in [0, 0.05) is 0 Å². The predicted octanol–water partition coefficient (Wildman–Crippen LogP) is 3.71. The topological polar surface area (TPSA) is 67.6 Å². The van der Waals surface area contributed by atoms with Crippen LogP contribution >= 0.6 is 43.2 Å². The van der Waals surface area contributed by atoms with Gasteiger partial charge in [-0.1, -0.05) is 11.2 Å². The summed E-state index contributed by atoms with van der Waals surface area (Å²) in [6.07, 6.45) is 0. The maximum atomic E-state index is 5.18. The van der Waals surface area contributed by atoms with E-state index in [-0.39, 0.29) is 0 Å². The number of nitrogens with one attached hydrogen (secondary N) is 1. The predicted molar refractivity (Wildman–Crippen MR) is 70.6 cm³/mol. The van der Waals surface area contributed by atoms with Crippen LogP contribution in [0, 0.1) is 0 Å². The van der Waals surface area contributed by atoms with Gasteiger partial charge in [-0.05, 0) is 43.3 Å². The number of rotatable bonds is 2. The molecule has 3 rings (SSSR count). The average molecular weight is 376 g/mol. The van der Waals surface area contributed by atoms with Crippen LogP contribution < -0.4 is 0 Å². The fraction of sp³-hybridized carbons (Fsp3) is 0. The largest absolute Gasteiger partial charge is 0.332 e. The average Bonchev–Trinajstić information content (AvgIpc) is 3.01. The van der Waals surface area contributed by atoms with Gasteiger partial charge in [0.2, 0.25) is 5.82 Å². The molecule has 0 aliphatic rings. The first-order valence-electron chi connectivity index (χ1n) is 4.53. The standard InChI is InChI=1S/C9H4Br2N4OS/c10-5-6(13-14-7(5)11)9-12-8(15-16-9)4-2-1-3-17-4/h1-3H,(H,13,14). The number of halogens is 2. The highest BCUT2D eigenvalue weighted by molar-refractivity contribution is 9.13. The van der Waals surface area contributed by atoms with Crippen molar-refractivity contribution in [1.29, 1.82) is 0 Å². The second-order valence-electron chi connectivity index (χ2n) is 3.10. The number of hydrogen-bond donors (Lipinski definition) is 1. The van der Waals surface area contributed by atoms with E-state index in [4.69, 9.17) is 4.52 Å². The second kappa shape index (κ2) is 4.35. The highest BCUT2D eigenvalue weighted by atomic mass is 79.9. The van der Waals surface area contributed by atoms with Crippen LogP contribution in [0.4, 0.5) is 0 Å². The minimum atomic E-state index is 0.377. The summed E-state index contributed by atoms with van der Waals surface area (Å²) >= 11 is 8.24. The Morgan fingerprint density at radius 1 is 1.35 bits per heavy atom. The maximum Gasteiger partial charge on any atom is 0.279 e. The van der Waals surface area contributed by atoms with Crippen LogP contribution in [0.3, 0.4) is 0 Å². The van der Waals surface area contributed by atoms with Crippen LogP contribution in [0.2, 0.25) is 0 Å². The molecule has 0 spiro atoms. The Bertz CT molecular complexity index is 646. The molecule has 0 bridgehead atoms. The van der Waals surface area contributed by atoms with Gasteiger partial charge in [-0.3, -0.25) is 5.10 Å². The summed E-state index contributed by atoms with van der Waals surface area (Å²) in [5.41, 5.74) is 0.590. The van der Waals surface area contributed by atoms with E-state index in [1.807, 2.05) is 17.5 Å². The molecule has 3 heterocycles. The maximum absolute atomic E-state index is 5.18. The van der Waals surface area contributed by atoms with Crippen molar-refractivity contribution in [2.24, 2.45) is 0 Å². The quantitative estimate of drug-likeness (QED) is 0.741. The Morgan fingerprint density at radius 3 is 2.88 bits per heavy atom. The molecule has 8 heteroatoms.